The molecule has 0 unspecified atom stereocenters. The highest BCUT2D eigenvalue weighted by Crippen LogP contribution is 2.31. The van der Waals surface area contributed by atoms with Gasteiger partial charge in [-0.3, -0.25) is 9.58 Å². The first kappa shape index (κ1) is 23.2. The lowest BCUT2D eigenvalue weighted by atomic mass is 10.1. The Bertz CT molecular complexity index is 1280. The molecular formula is C21H21F3N4O4S. The van der Waals surface area contributed by atoms with Crippen LogP contribution in [0, 0.1) is 0 Å². The minimum absolute atomic E-state index is 0.143. The van der Waals surface area contributed by atoms with Crippen LogP contribution in [0.4, 0.5) is 13.2 Å². The van der Waals surface area contributed by atoms with Crippen molar-refractivity contribution in [2.75, 3.05) is 33.3 Å². The zero-order chi connectivity index (χ0) is 23.8. The molecule has 4 rings (SSSR count). The number of hydrogen-bond acceptors (Lipinski definition) is 6. The minimum Gasteiger partial charge on any atom is -0.465 e. The molecule has 0 amide bonds. The summed E-state index contributed by atoms with van der Waals surface area (Å²) in [5.74, 6) is -0.442. The van der Waals surface area contributed by atoms with E-state index in [9.17, 15) is 26.4 Å². The molecule has 1 fully saturated rings. The molecule has 1 aliphatic heterocycles. The number of fused-ring (bicyclic) bond motifs is 1. The number of alkyl halides is 3. The molecule has 1 saturated heterocycles. The van der Waals surface area contributed by atoms with Crippen molar-refractivity contribution in [3.63, 3.8) is 0 Å². The molecule has 12 heteroatoms. The number of aromatic nitrogens is 2. The average Bonchev–Trinajstić information content (AvgIpc) is 3.20. The van der Waals surface area contributed by atoms with E-state index in [1.165, 1.54) is 17.5 Å². The number of hydrogen-bond donors (Lipinski definition) is 0. The Labute approximate surface area is 188 Å². The van der Waals surface area contributed by atoms with Crippen LogP contribution in [0.3, 0.4) is 0 Å². The van der Waals surface area contributed by atoms with Crippen LogP contribution in [0.2, 0.25) is 0 Å². The van der Waals surface area contributed by atoms with Gasteiger partial charge in [0.1, 0.15) is 0 Å². The van der Waals surface area contributed by atoms with E-state index in [2.05, 4.69) is 5.10 Å². The van der Waals surface area contributed by atoms with Crippen LogP contribution in [-0.2, 0) is 27.6 Å². The first-order valence-corrected chi connectivity index (χ1v) is 11.5. The van der Waals surface area contributed by atoms with E-state index in [0.29, 0.717) is 31.4 Å². The van der Waals surface area contributed by atoms with Gasteiger partial charge in [-0.05, 0) is 36.4 Å². The van der Waals surface area contributed by atoms with Crippen LogP contribution in [0.15, 0.2) is 53.6 Å². The van der Waals surface area contributed by atoms with E-state index < -0.39 is 27.7 Å². The topological polar surface area (TPSA) is 84.7 Å². The molecule has 0 bridgehead atoms. The van der Waals surface area contributed by atoms with Crippen LogP contribution < -0.4 is 0 Å². The number of halogens is 3. The van der Waals surface area contributed by atoms with Crippen molar-refractivity contribution in [1.29, 1.82) is 0 Å². The number of esters is 1. The monoisotopic (exact) mass is 482 g/mol. The van der Waals surface area contributed by atoms with Gasteiger partial charge in [0, 0.05) is 31.6 Å². The molecule has 0 saturated carbocycles. The molecule has 1 aromatic heterocycles. The van der Waals surface area contributed by atoms with Crippen LogP contribution in [0.1, 0.15) is 15.9 Å². The number of nitrogens with zero attached hydrogens (tertiary/aromatic N) is 4. The number of rotatable bonds is 5. The molecule has 0 atom stereocenters. The minimum atomic E-state index is -4.62. The van der Waals surface area contributed by atoms with Gasteiger partial charge in [0.2, 0.25) is 10.0 Å². The van der Waals surface area contributed by atoms with E-state index in [1.54, 1.807) is 29.1 Å². The first-order valence-electron chi connectivity index (χ1n) is 10.0. The van der Waals surface area contributed by atoms with E-state index in [1.807, 2.05) is 4.90 Å². The Balaban J connectivity index is 1.44. The summed E-state index contributed by atoms with van der Waals surface area (Å²) in [6.45, 7) is 1.46. The summed E-state index contributed by atoms with van der Waals surface area (Å²) in [6, 6.07) is 8.88. The number of piperazine rings is 1. The van der Waals surface area contributed by atoms with E-state index in [4.69, 9.17) is 4.74 Å². The fourth-order valence-corrected chi connectivity index (χ4v) is 5.20. The first-order chi connectivity index (χ1) is 15.6. The van der Waals surface area contributed by atoms with E-state index >= 15 is 0 Å². The summed E-state index contributed by atoms with van der Waals surface area (Å²) in [6.07, 6.45) is -2.98. The van der Waals surface area contributed by atoms with Crippen molar-refractivity contribution < 1.29 is 31.1 Å². The van der Waals surface area contributed by atoms with E-state index in [0.717, 1.165) is 23.0 Å². The highest BCUT2D eigenvalue weighted by Gasteiger charge is 2.34. The molecule has 2 heterocycles. The van der Waals surface area contributed by atoms with Gasteiger partial charge in [-0.1, -0.05) is 6.07 Å². The number of methoxy groups -OCH3 is 1. The molecule has 0 spiro atoms. The summed E-state index contributed by atoms with van der Waals surface area (Å²) in [5.41, 5.74) is 0.225. The second-order valence-corrected chi connectivity index (χ2v) is 9.54. The molecule has 8 nitrogen and oxygen atoms in total. The van der Waals surface area contributed by atoms with Crippen LogP contribution in [-0.4, -0.2) is 66.7 Å². The second kappa shape index (κ2) is 8.76. The van der Waals surface area contributed by atoms with Crippen molar-refractivity contribution in [2.24, 2.45) is 0 Å². The summed E-state index contributed by atoms with van der Waals surface area (Å²) in [5, 5.41) is 5.12. The second-order valence-electron chi connectivity index (χ2n) is 7.60. The predicted molar refractivity (Wildman–Crippen MR) is 113 cm³/mol. The smallest absolute Gasteiger partial charge is 0.416 e. The highest BCUT2D eigenvalue weighted by molar-refractivity contribution is 7.89. The largest absolute Gasteiger partial charge is 0.465 e. The molecule has 0 aliphatic carbocycles. The molecule has 1 aliphatic rings. The molecular weight excluding hydrogens is 461 g/mol. The molecule has 0 radical (unpaired) electrons. The zero-order valence-electron chi connectivity index (χ0n) is 17.6. The van der Waals surface area contributed by atoms with Gasteiger partial charge in [-0.25, -0.2) is 13.2 Å². The molecule has 3 aromatic rings. The Morgan fingerprint density at radius 3 is 2.48 bits per heavy atom. The van der Waals surface area contributed by atoms with Gasteiger partial charge in [-0.15, -0.1) is 0 Å². The zero-order valence-corrected chi connectivity index (χ0v) is 18.4. The molecule has 176 valence electrons. The van der Waals surface area contributed by atoms with Gasteiger partial charge in [0.05, 0.1) is 41.5 Å². The normalized spacial score (nSPS) is 16.2. The van der Waals surface area contributed by atoms with Gasteiger partial charge in [-0.2, -0.15) is 22.6 Å². The predicted octanol–water partition coefficient (Wildman–Crippen LogP) is 2.81. The van der Waals surface area contributed by atoms with Crippen molar-refractivity contribution in [3.05, 3.63) is 59.8 Å². The van der Waals surface area contributed by atoms with Gasteiger partial charge < -0.3 is 4.74 Å². The average molecular weight is 482 g/mol. The number of ether oxygens (including phenoxy) is 1. The maximum atomic E-state index is 13.0. The van der Waals surface area contributed by atoms with Crippen molar-refractivity contribution in [1.82, 2.24) is 19.0 Å². The number of sulfonamides is 1. The molecule has 0 N–H and O–H groups in total. The maximum Gasteiger partial charge on any atom is 0.416 e. The fourth-order valence-electron chi connectivity index (χ4n) is 3.73. The lowest BCUT2D eigenvalue weighted by molar-refractivity contribution is -0.137. The number of benzene rings is 2. The van der Waals surface area contributed by atoms with E-state index in [-0.39, 0.29) is 18.0 Å². The van der Waals surface area contributed by atoms with Crippen LogP contribution >= 0.6 is 0 Å². The lowest BCUT2D eigenvalue weighted by Gasteiger charge is -2.34. The molecule has 33 heavy (non-hydrogen) atoms. The quantitative estimate of drug-likeness (QED) is 0.520. The third kappa shape index (κ3) is 4.72. The SMILES string of the molecule is COC(=O)c1ccc2c(cnn2CN2CCN(S(=O)(=O)c3cccc(C(F)(F)F)c3)CC2)c1. The summed E-state index contributed by atoms with van der Waals surface area (Å²) in [4.78, 5) is 13.3. The summed E-state index contributed by atoms with van der Waals surface area (Å²) < 4.78 is 72.3. The highest BCUT2D eigenvalue weighted by atomic mass is 32.2. The van der Waals surface area contributed by atoms with Crippen molar-refractivity contribution >= 4 is 26.9 Å². The van der Waals surface area contributed by atoms with Gasteiger partial charge in [0.15, 0.2) is 0 Å². The fraction of sp³-hybridized carbons (Fsp3) is 0.333. The van der Waals surface area contributed by atoms with Gasteiger partial charge in [0.25, 0.3) is 0 Å². The third-order valence-corrected chi connectivity index (χ3v) is 7.42. The Morgan fingerprint density at radius 1 is 1.09 bits per heavy atom. The number of carbonyl (C=O) groups is 1. The van der Waals surface area contributed by atoms with Crippen molar-refractivity contribution in [2.45, 2.75) is 17.7 Å². The number of carbonyl (C=O) groups excluding carboxylic acids is 1. The lowest BCUT2D eigenvalue weighted by Crippen LogP contribution is -2.48. The Hall–Kier alpha value is -2.96. The summed E-state index contributed by atoms with van der Waals surface area (Å²) >= 11 is 0. The van der Waals surface area contributed by atoms with Gasteiger partial charge >= 0.3 is 12.1 Å². The van der Waals surface area contributed by atoms with Crippen LogP contribution in [0.5, 0.6) is 0 Å². The molecule has 2 aromatic carbocycles. The Morgan fingerprint density at radius 2 is 1.82 bits per heavy atom. The van der Waals surface area contributed by atoms with Crippen LogP contribution in [0.25, 0.3) is 10.9 Å². The maximum absolute atomic E-state index is 13.0. The summed E-state index contributed by atoms with van der Waals surface area (Å²) in [7, 11) is -2.73. The standard InChI is InChI=1S/C21H21F3N4O4S/c1-32-20(29)15-5-6-19-16(11-15)13-25-28(19)14-26-7-9-27(10-8-26)33(30,31)18-4-2-3-17(12-18)21(22,23)24/h2-6,11-13H,7-10,14H2,1H3. The Kier molecular flexibility index (Phi) is 6.16. The van der Waals surface area contributed by atoms with Crippen molar-refractivity contribution in [3.8, 4) is 0 Å². The third-order valence-electron chi connectivity index (χ3n) is 5.53.